The van der Waals surface area contributed by atoms with Gasteiger partial charge in [0.25, 0.3) is 5.91 Å². The number of ether oxygens (including phenoxy) is 4. The van der Waals surface area contributed by atoms with Crippen molar-refractivity contribution in [2.45, 2.75) is 12.5 Å². The number of halogens is 1. The Kier molecular flexibility index (Phi) is 6.94. The molecule has 0 radical (unpaired) electrons. The highest BCUT2D eigenvalue weighted by Gasteiger charge is 2.33. The third kappa shape index (κ3) is 4.71. The van der Waals surface area contributed by atoms with Crippen LogP contribution in [0.3, 0.4) is 0 Å². The van der Waals surface area contributed by atoms with Crippen LogP contribution in [0, 0.1) is 0 Å². The number of amides is 1. The van der Waals surface area contributed by atoms with E-state index in [1.54, 1.807) is 45.6 Å². The second kappa shape index (κ2) is 10.0. The van der Waals surface area contributed by atoms with Crippen LogP contribution >= 0.6 is 11.6 Å². The summed E-state index contributed by atoms with van der Waals surface area (Å²) < 4.78 is 22.6. The molecule has 0 aliphatic carbocycles. The van der Waals surface area contributed by atoms with Crippen molar-refractivity contribution in [3.63, 3.8) is 0 Å². The number of hydrogen-bond donors (Lipinski definition) is 0. The molecular weight excluding hydrogens is 442 g/mol. The second-order valence-electron chi connectivity index (χ2n) is 7.64. The average molecular weight is 468 g/mol. The van der Waals surface area contributed by atoms with E-state index in [2.05, 4.69) is 0 Å². The van der Waals surface area contributed by atoms with E-state index in [0.29, 0.717) is 46.5 Å². The highest BCUT2D eigenvalue weighted by molar-refractivity contribution is 6.30. The molecule has 1 atom stereocenters. The molecule has 0 spiro atoms. The number of para-hydroxylation sites is 2. The van der Waals surface area contributed by atoms with Crippen LogP contribution in [0.1, 0.15) is 27.5 Å². The van der Waals surface area contributed by atoms with Crippen molar-refractivity contribution in [3.05, 3.63) is 82.4 Å². The molecule has 1 heterocycles. The topological polar surface area (TPSA) is 57.2 Å². The number of carbonyl (C=O) groups excluding carboxylic acids is 1. The van der Waals surface area contributed by atoms with E-state index in [1.807, 2.05) is 41.3 Å². The molecule has 1 amide bonds. The molecule has 1 aliphatic rings. The number of carbonyl (C=O) groups is 1. The van der Waals surface area contributed by atoms with Gasteiger partial charge >= 0.3 is 0 Å². The van der Waals surface area contributed by atoms with Gasteiger partial charge in [-0.25, -0.2) is 0 Å². The predicted molar refractivity (Wildman–Crippen MR) is 127 cm³/mol. The number of hydrogen-bond acceptors (Lipinski definition) is 5. The lowest BCUT2D eigenvalue weighted by Gasteiger charge is -2.37. The normalized spacial score (nSPS) is 14.9. The highest BCUT2D eigenvalue weighted by atomic mass is 35.5. The zero-order valence-corrected chi connectivity index (χ0v) is 19.6. The minimum Gasteiger partial charge on any atom is -0.493 e. The number of nitrogens with zero attached hydrogens (tertiary/aromatic N) is 1. The lowest BCUT2D eigenvalue weighted by molar-refractivity contribution is 0.0587. The molecule has 1 unspecified atom stereocenters. The SMILES string of the molecule is COc1cc2c(cc1OC)C(COc1ccccc1OC)N(C(=O)c1cccc(Cl)c1)CC2. The minimum absolute atomic E-state index is 0.105. The van der Waals surface area contributed by atoms with Gasteiger partial charge in [-0.2, -0.15) is 0 Å². The van der Waals surface area contributed by atoms with E-state index < -0.39 is 0 Å². The first kappa shape index (κ1) is 22.8. The van der Waals surface area contributed by atoms with Crippen LogP contribution in [-0.2, 0) is 6.42 Å². The van der Waals surface area contributed by atoms with Crippen molar-refractivity contribution in [1.29, 1.82) is 0 Å². The van der Waals surface area contributed by atoms with Crippen LogP contribution in [0.5, 0.6) is 23.0 Å². The third-order valence-corrected chi connectivity index (χ3v) is 6.04. The maximum absolute atomic E-state index is 13.5. The van der Waals surface area contributed by atoms with Crippen molar-refractivity contribution >= 4 is 17.5 Å². The van der Waals surface area contributed by atoms with Gasteiger partial charge in [-0.1, -0.05) is 29.8 Å². The number of benzene rings is 3. The summed E-state index contributed by atoms with van der Waals surface area (Å²) in [5.74, 6) is 2.41. The summed E-state index contributed by atoms with van der Waals surface area (Å²) in [5, 5.41) is 0.520. The lowest BCUT2D eigenvalue weighted by atomic mass is 9.91. The van der Waals surface area contributed by atoms with Crippen molar-refractivity contribution in [2.75, 3.05) is 34.5 Å². The van der Waals surface area contributed by atoms with Gasteiger partial charge in [0, 0.05) is 17.1 Å². The Hall–Kier alpha value is -3.38. The summed E-state index contributed by atoms with van der Waals surface area (Å²) in [5.41, 5.74) is 2.59. The molecular formula is C26H26ClNO5. The maximum atomic E-state index is 13.5. The first-order valence-electron chi connectivity index (χ1n) is 10.6. The van der Waals surface area contributed by atoms with E-state index in [0.717, 1.165) is 11.1 Å². The molecule has 0 saturated carbocycles. The summed E-state index contributed by atoms with van der Waals surface area (Å²) in [6.45, 7) is 0.781. The highest BCUT2D eigenvalue weighted by Crippen LogP contribution is 2.39. The summed E-state index contributed by atoms with van der Waals surface area (Å²) in [6.07, 6.45) is 0.688. The Morgan fingerprint density at radius 1 is 0.909 bits per heavy atom. The van der Waals surface area contributed by atoms with Crippen molar-refractivity contribution in [3.8, 4) is 23.0 Å². The molecule has 7 heteroatoms. The standard InChI is InChI=1S/C26H26ClNO5/c1-30-22-9-4-5-10-23(22)33-16-21-20-15-25(32-3)24(31-2)14-17(20)11-12-28(21)26(29)18-7-6-8-19(27)13-18/h4-10,13-15,21H,11-12,16H2,1-3H3. The largest absolute Gasteiger partial charge is 0.493 e. The monoisotopic (exact) mass is 467 g/mol. The fourth-order valence-electron chi connectivity index (χ4n) is 4.15. The third-order valence-electron chi connectivity index (χ3n) is 5.80. The molecule has 6 nitrogen and oxygen atoms in total. The van der Waals surface area contributed by atoms with Crippen molar-refractivity contribution in [1.82, 2.24) is 4.90 Å². The molecule has 0 bridgehead atoms. The summed E-state index contributed by atoms with van der Waals surface area (Å²) in [6, 6.07) is 18.0. The van der Waals surface area contributed by atoms with Crippen LogP contribution in [0.4, 0.5) is 0 Å². The van der Waals surface area contributed by atoms with E-state index >= 15 is 0 Å². The second-order valence-corrected chi connectivity index (χ2v) is 8.08. The molecule has 33 heavy (non-hydrogen) atoms. The fraction of sp³-hybridized carbons (Fsp3) is 0.269. The lowest BCUT2D eigenvalue weighted by Crippen LogP contribution is -2.42. The molecule has 0 aromatic heterocycles. The summed E-state index contributed by atoms with van der Waals surface area (Å²) >= 11 is 6.15. The van der Waals surface area contributed by atoms with Gasteiger partial charge in [0.1, 0.15) is 6.61 Å². The van der Waals surface area contributed by atoms with Crippen LogP contribution in [0.2, 0.25) is 5.02 Å². The van der Waals surface area contributed by atoms with E-state index in [-0.39, 0.29) is 18.6 Å². The van der Waals surface area contributed by atoms with Crippen LogP contribution in [-0.4, -0.2) is 45.3 Å². The van der Waals surface area contributed by atoms with Gasteiger partial charge in [0.05, 0.1) is 27.4 Å². The Bertz CT molecular complexity index is 1150. The Labute approximate surface area is 198 Å². The zero-order valence-electron chi connectivity index (χ0n) is 18.8. The quantitative estimate of drug-likeness (QED) is 0.479. The van der Waals surface area contributed by atoms with E-state index in [9.17, 15) is 4.79 Å². The van der Waals surface area contributed by atoms with Crippen molar-refractivity contribution in [2.24, 2.45) is 0 Å². The van der Waals surface area contributed by atoms with E-state index in [4.69, 9.17) is 30.5 Å². The average Bonchev–Trinajstić information content (AvgIpc) is 2.85. The fourth-order valence-corrected chi connectivity index (χ4v) is 4.34. The predicted octanol–water partition coefficient (Wildman–Crippen LogP) is 5.18. The minimum atomic E-state index is -0.343. The molecule has 3 aromatic rings. The van der Waals surface area contributed by atoms with Crippen LogP contribution < -0.4 is 18.9 Å². The van der Waals surface area contributed by atoms with Gasteiger partial charge in [-0.3, -0.25) is 4.79 Å². The molecule has 172 valence electrons. The van der Waals surface area contributed by atoms with Gasteiger partial charge in [0.15, 0.2) is 23.0 Å². The summed E-state index contributed by atoms with van der Waals surface area (Å²) in [4.78, 5) is 15.3. The first-order chi connectivity index (χ1) is 16.0. The smallest absolute Gasteiger partial charge is 0.254 e. The Balaban J connectivity index is 1.72. The number of methoxy groups -OCH3 is 3. The van der Waals surface area contributed by atoms with Crippen molar-refractivity contribution < 1.29 is 23.7 Å². The van der Waals surface area contributed by atoms with Crippen LogP contribution in [0.15, 0.2) is 60.7 Å². The number of rotatable bonds is 7. The van der Waals surface area contributed by atoms with E-state index in [1.165, 1.54) is 0 Å². The maximum Gasteiger partial charge on any atom is 0.254 e. The Morgan fingerprint density at radius 3 is 2.30 bits per heavy atom. The van der Waals surface area contributed by atoms with Crippen LogP contribution in [0.25, 0.3) is 0 Å². The van der Waals surface area contributed by atoms with Gasteiger partial charge < -0.3 is 23.8 Å². The molecule has 1 aliphatic heterocycles. The molecule has 0 N–H and O–H groups in total. The van der Waals surface area contributed by atoms with Gasteiger partial charge in [0.2, 0.25) is 0 Å². The molecule has 3 aromatic carbocycles. The summed E-state index contributed by atoms with van der Waals surface area (Å²) in [7, 11) is 4.82. The molecule has 0 fully saturated rings. The molecule has 0 saturated heterocycles. The molecule has 4 rings (SSSR count). The first-order valence-corrected chi connectivity index (χ1v) is 11.0. The van der Waals surface area contributed by atoms with Gasteiger partial charge in [-0.05, 0) is 60.0 Å². The zero-order chi connectivity index (χ0) is 23.4. The Morgan fingerprint density at radius 2 is 1.61 bits per heavy atom. The number of fused-ring (bicyclic) bond motifs is 1. The van der Waals surface area contributed by atoms with Gasteiger partial charge in [-0.15, -0.1) is 0 Å².